The van der Waals surface area contributed by atoms with E-state index >= 15 is 0 Å². The minimum atomic E-state index is 0.441. The third-order valence-electron chi connectivity index (χ3n) is 2.69. The molecule has 3 aromatic carbocycles. The molecule has 0 heterocycles. The lowest BCUT2D eigenvalue weighted by atomic mass is 10.0. The molecule has 3 rings (SSSR count). The molecule has 0 aliphatic carbocycles. The Labute approximate surface area is 114 Å². The molecule has 17 heavy (non-hydrogen) atoms. The van der Waals surface area contributed by atoms with Gasteiger partial charge in [0.15, 0.2) is 0 Å². The third-order valence-corrected chi connectivity index (χ3v) is 3.69. The lowest BCUT2D eigenvalue weighted by molar-refractivity contribution is 1.74. The van der Waals surface area contributed by atoms with Crippen LogP contribution in [-0.2, 0) is 0 Å². The van der Waals surface area contributed by atoms with Gasteiger partial charge in [-0.2, -0.15) is 0 Å². The number of fused-ring (bicyclic) bond motifs is 2. The topological polar surface area (TPSA) is 0 Å². The standard InChI is InChI=1S/C14H5Cl3/c15-11-3-1-8-7-12-9(5-10(8)6-11)2-4-13(16)14(12)17/h1-2,5-7H. The van der Waals surface area contributed by atoms with Crippen LogP contribution in [0.5, 0.6) is 0 Å². The highest BCUT2D eigenvalue weighted by atomic mass is 35.5. The summed E-state index contributed by atoms with van der Waals surface area (Å²) in [6.07, 6.45) is 0. The summed E-state index contributed by atoms with van der Waals surface area (Å²) in [5, 5.41) is 5.56. The van der Waals surface area contributed by atoms with Gasteiger partial charge >= 0.3 is 0 Å². The zero-order chi connectivity index (χ0) is 12.0. The number of halogens is 3. The van der Waals surface area contributed by atoms with Crippen LogP contribution in [-0.4, -0.2) is 0 Å². The van der Waals surface area contributed by atoms with Crippen LogP contribution in [0.4, 0.5) is 0 Å². The molecular formula is C14H5Cl3. The molecule has 3 aromatic rings. The highest BCUT2D eigenvalue weighted by Crippen LogP contribution is 2.33. The van der Waals surface area contributed by atoms with Crippen molar-refractivity contribution in [2.45, 2.75) is 0 Å². The average molecular weight is 280 g/mol. The molecule has 0 amide bonds. The molecular weight excluding hydrogens is 275 g/mol. The predicted octanol–water partition coefficient (Wildman–Crippen LogP) is 5.55. The zero-order valence-electron chi connectivity index (χ0n) is 8.52. The Morgan fingerprint density at radius 2 is 1.53 bits per heavy atom. The van der Waals surface area contributed by atoms with Gasteiger partial charge in [0.1, 0.15) is 0 Å². The van der Waals surface area contributed by atoms with Gasteiger partial charge in [-0.1, -0.05) is 34.8 Å². The molecule has 2 radical (unpaired) electrons. The van der Waals surface area contributed by atoms with E-state index in [2.05, 4.69) is 12.1 Å². The second kappa shape index (κ2) is 4.06. The molecule has 0 aliphatic heterocycles. The van der Waals surface area contributed by atoms with E-state index in [1.54, 1.807) is 0 Å². The molecule has 0 unspecified atom stereocenters. The van der Waals surface area contributed by atoms with E-state index in [1.807, 2.05) is 30.3 Å². The van der Waals surface area contributed by atoms with Gasteiger partial charge in [0.2, 0.25) is 0 Å². The van der Waals surface area contributed by atoms with Crippen LogP contribution in [0.1, 0.15) is 0 Å². The molecule has 82 valence electrons. The van der Waals surface area contributed by atoms with Gasteiger partial charge in [-0.15, -0.1) is 0 Å². The summed E-state index contributed by atoms with van der Waals surface area (Å²) in [5.41, 5.74) is 0. The van der Waals surface area contributed by atoms with Gasteiger partial charge in [-0.25, -0.2) is 0 Å². The first-order chi connectivity index (χ1) is 8.15. The van der Waals surface area contributed by atoms with Crippen LogP contribution < -0.4 is 0 Å². The molecule has 3 heteroatoms. The summed E-state index contributed by atoms with van der Waals surface area (Å²) < 4.78 is 0. The fourth-order valence-electron chi connectivity index (χ4n) is 1.86. The zero-order valence-corrected chi connectivity index (χ0v) is 10.8. The predicted molar refractivity (Wildman–Crippen MR) is 74.2 cm³/mol. The molecule has 0 atom stereocenters. The van der Waals surface area contributed by atoms with Crippen LogP contribution in [0, 0.1) is 12.1 Å². The Balaban J connectivity index is 2.48. The lowest BCUT2D eigenvalue weighted by Crippen LogP contribution is -1.79. The summed E-state index contributed by atoms with van der Waals surface area (Å²) in [4.78, 5) is 0. The Bertz CT molecular complexity index is 732. The van der Waals surface area contributed by atoms with E-state index in [9.17, 15) is 0 Å². The Hall–Kier alpha value is -0.950. The van der Waals surface area contributed by atoms with E-state index in [0.29, 0.717) is 15.1 Å². The maximum absolute atomic E-state index is 6.16. The molecule has 0 fully saturated rings. The smallest absolute Gasteiger partial charge is 0.0677 e. The maximum atomic E-state index is 6.16. The van der Waals surface area contributed by atoms with E-state index in [4.69, 9.17) is 34.8 Å². The first-order valence-electron chi connectivity index (χ1n) is 4.95. The highest BCUT2D eigenvalue weighted by Gasteiger charge is 2.06. The second-order valence-electron chi connectivity index (χ2n) is 3.77. The summed E-state index contributed by atoms with van der Waals surface area (Å²) in [6.45, 7) is 0. The van der Waals surface area contributed by atoms with Gasteiger partial charge < -0.3 is 0 Å². The summed E-state index contributed by atoms with van der Waals surface area (Å²) in [6, 6.07) is 15.4. The fraction of sp³-hybridized carbons (Fsp3) is 0. The normalized spacial score (nSPS) is 11.2. The van der Waals surface area contributed by atoms with Crippen LogP contribution >= 0.6 is 34.8 Å². The summed E-state index contributed by atoms with van der Waals surface area (Å²) >= 11 is 18.0. The Morgan fingerprint density at radius 3 is 2.35 bits per heavy atom. The van der Waals surface area contributed by atoms with Crippen molar-refractivity contribution in [1.29, 1.82) is 0 Å². The molecule has 0 saturated heterocycles. The molecule has 0 bridgehead atoms. The first kappa shape index (κ1) is 11.2. The van der Waals surface area contributed by atoms with E-state index in [0.717, 1.165) is 21.5 Å². The summed E-state index contributed by atoms with van der Waals surface area (Å²) in [5.74, 6) is 0. The number of hydrogen-bond donors (Lipinski definition) is 0. The SMILES string of the molecule is Clc1[c]cc2cc3c(Cl)c(Cl)[c]cc3cc2c1. The van der Waals surface area contributed by atoms with Gasteiger partial charge in [0.05, 0.1) is 10.0 Å². The van der Waals surface area contributed by atoms with Crippen molar-refractivity contribution in [3.8, 4) is 0 Å². The van der Waals surface area contributed by atoms with E-state index in [-0.39, 0.29) is 0 Å². The highest BCUT2D eigenvalue weighted by molar-refractivity contribution is 6.45. The largest absolute Gasteiger partial charge is 0.0836 e. The van der Waals surface area contributed by atoms with Crippen molar-refractivity contribution in [1.82, 2.24) is 0 Å². The number of hydrogen-bond acceptors (Lipinski definition) is 0. The van der Waals surface area contributed by atoms with Crippen molar-refractivity contribution in [2.24, 2.45) is 0 Å². The molecule has 0 aliphatic rings. The molecule has 0 saturated carbocycles. The Kier molecular flexibility index (Phi) is 2.67. The van der Waals surface area contributed by atoms with Gasteiger partial charge in [0, 0.05) is 22.5 Å². The maximum Gasteiger partial charge on any atom is 0.0677 e. The first-order valence-corrected chi connectivity index (χ1v) is 6.09. The molecule has 0 spiro atoms. The van der Waals surface area contributed by atoms with Gasteiger partial charge in [-0.3, -0.25) is 0 Å². The average Bonchev–Trinajstić information content (AvgIpc) is 2.32. The second-order valence-corrected chi connectivity index (χ2v) is 4.93. The van der Waals surface area contributed by atoms with Crippen LogP contribution in [0.15, 0.2) is 30.3 Å². The van der Waals surface area contributed by atoms with E-state index in [1.165, 1.54) is 0 Å². The third kappa shape index (κ3) is 1.87. The minimum absolute atomic E-state index is 0.441. The van der Waals surface area contributed by atoms with Gasteiger partial charge in [0.25, 0.3) is 0 Å². The van der Waals surface area contributed by atoms with Crippen molar-refractivity contribution in [3.63, 3.8) is 0 Å². The number of benzene rings is 3. The van der Waals surface area contributed by atoms with Crippen LogP contribution in [0.3, 0.4) is 0 Å². The summed E-state index contributed by atoms with van der Waals surface area (Å²) in [7, 11) is 0. The van der Waals surface area contributed by atoms with Crippen molar-refractivity contribution < 1.29 is 0 Å². The number of rotatable bonds is 0. The quantitative estimate of drug-likeness (QED) is 0.473. The minimum Gasteiger partial charge on any atom is -0.0836 e. The van der Waals surface area contributed by atoms with E-state index < -0.39 is 0 Å². The van der Waals surface area contributed by atoms with Crippen molar-refractivity contribution in [2.75, 3.05) is 0 Å². The van der Waals surface area contributed by atoms with Crippen LogP contribution in [0.25, 0.3) is 21.5 Å². The van der Waals surface area contributed by atoms with Crippen molar-refractivity contribution >= 4 is 56.3 Å². The molecule has 0 nitrogen and oxygen atoms in total. The molecule has 0 aromatic heterocycles. The van der Waals surface area contributed by atoms with Crippen molar-refractivity contribution in [3.05, 3.63) is 57.5 Å². The van der Waals surface area contributed by atoms with Crippen LogP contribution in [0.2, 0.25) is 15.1 Å². The van der Waals surface area contributed by atoms with Gasteiger partial charge in [-0.05, 0) is 46.5 Å². The molecule has 0 N–H and O–H groups in total. The fourth-order valence-corrected chi connectivity index (χ4v) is 2.40. The monoisotopic (exact) mass is 278 g/mol. The Morgan fingerprint density at radius 1 is 0.765 bits per heavy atom. The lowest BCUT2D eigenvalue weighted by Gasteiger charge is -2.05.